The van der Waals surface area contributed by atoms with Crippen LogP contribution in [-0.2, 0) is 11.0 Å². The summed E-state index contributed by atoms with van der Waals surface area (Å²) in [7, 11) is 0. The fourth-order valence-electron chi connectivity index (χ4n) is 1.77. The summed E-state index contributed by atoms with van der Waals surface area (Å²) in [6.45, 7) is 1.46. The van der Waals surface area contributed by atoms with E-state index in [1.165, 1.54) is 6.92 Å². The number of halogens is 3. The Morgan fingerprint density at radius 1 is 1.61 bits per heavy atom. The van der Waals surface area contributed by atoms with E-state index >= 15 is 0 Å². The highest BCUT2D eigenvalue weighted by Crippen LogP contribution is 2.42. The molecule has 0 aliphatic heterocycles. The molecule has 0 saturated heterocycles. The van der Waals surface area contributed by atoms with Crippen LogP contribution in [0, 0.1) is 0 Å². The van der Waals surface area contributed by atoms with Gasteiger partial charge >= 0.3 is 6.18 Å². The number of aromatic nitrogens is 2. The van der Waals surface area contributed by atoms with Gasteiger partial charge in [-0.15, -0.1) is 0 Å². The molecule has 5 nitrogen and oxygen atoms in total. The van der Waals surface area contributed by atoms with Crippen LogP contribution < -0.4 is 11.3 Å². The van der Waals surface area contributed by atoms with E-state index < -0.39 is 23.8 Å². The number of amides is 1. The van der Waals surface area contributed by atoms with Gasteiger partial charge in [0.2, 0.25) is 0 Å². The Balaban J connectivity index is 2.38. The number of hydrogen-bond acceptors (Lipinski definition) is 3. The fourth-order valence-corrected chi connectivity index (χ4v) is 1.77. The zero-order valence-corrected chi connectivity index (χ0v) is 9.66. The molecule has 0 aromatic carbocycles. The van der Waals surface area contributed by atoms with E-state index in [0.717, 1.165) is 23.6 Å². The Hall–Kier alpha value is -1.57. The lowest BCUT2D eigenvalue weighted by molar-refractivity contribution is -0.142. The minimum atomic E-state index is -4.51. The van der Waals surface area contributed by atoms with Crippen molar-refractivity contribution < 1.29 is 18.0 Å². The number of carbonyl (C=O) groups excluding carboxylic acids is 1. The van der Waals surface area contributed by atoms with Gasteiger partial charge in [0.1, 0.15) is 6.04 Å². The molecule has 18 heavy (non-hydrogen) atoms. The number of hydrogen-bond donors (Lipinski definition) is 2. The van der Waals surface area contributed by atoms with E-state index in [4.69, 9.17) is 5.84 Å². The molecule has 2 rings (SSSR count). The summed E-state index contributed by atoms with van der Waals surface area (Å²) in [5.74, 6) is 4.46. The van der Waals surface area contributed by atoms with E-state index in [9.17, 15) is 18.0 Å². The van der Waals surface area contributed by atoms with Crippen LogP contribution in [-0.4, -0.2) is 15.7 Å². The zero-order valence-electron chi connectivity index (χ0n) is 9.66. The summed E-state index contributed by atoms with van der Waals surface area (Å²) < 4.78 is 38.9. The molecule has 100 valence electrons. The van der Waals surface area contributed by atoms with Gasteiger partial charge in [0, 0.05) is 11.6 Å². The summed E-state index contributed by atoms with van der Waals surface area (Å²) in [5, 5.41) is 3.49. The van der Waals surface area contributed by atoms with Crippen molar-refractivity contribution in [3.05, 3.63) is 17.5 Å². The Bertz CT molecular complexity index is 464. The number of rotatable bonds is 3. The van der Waals surface area contributed by atoms with E-state index in [0.29, 0.717) is 5.69 Å². The van der Waals surface area contributed by atoms with Crippen LogP contribution in [0.25, 0.3) is 0 Å². The molecular formula is C10H13F3N4O. The molecular weight excluding hydrogens is 249 g/mol. The summed E-state index contributed by atoms with van der Waals surface area (Å²) in [4.78, 5) is 11.4. The number of hydrazine groups is 1. The monoisotopic (exact) mass is 262 g/mol. The highest BCUT2D eigenvalue weighted by molar-refractivity contribution is 5.79. The maximum absolute atomic E-state index is 12.6. The molecule has 1 aliphatic carbocycles. The molecule has 1 saturated carbocycles. The molecule has 0 spiro atoms. The van der Waals surface area contributed by atoms with Gasteiger partial charge < -0.3 is 0 Å². The Labute approximate surface area is 101 Å². The predicted molar refractivity (Wildman–Crippen MR) is 56.2 cm³/mol. The molecule has 0 radical (unpaired) electrons. The first kappa shape index (κ1) is 12.9. The van der Waals surface area contributed by atoms with Crippen molar-refractivity contribution in [3.8, 4) is 0 Å². The molecule has 1 heterocycles. The molecule has 0 bridgehead atoms. The lowest BCUT2D eigenvalue weighted by atomic mass is 10.2. The molecule has 8 heteroatoms. The Morgan fingerprint density at radius 2 is 2.22 bits per heavy atom. The maximum Gasteiger partial charge on any atom is 0.435 e. The Kier molecular flexibility index (Phi) is 3.05. The summed E-state index contributed by atoms with van der Waals surface area (Å²) in [6, 6.07) is 0.152. The van der Waals surface area contributed by atoms with Gasteiger partial charge in [-0.2, -0.15) is 18.3 Å². The maximum atomic E-state index is 12.6. The zero-order chi connectivity index (χ0) is 13.5. The number of nitrogens with one attached hydrogen (secondary N) is 1. The van der Waals surface area contributed by atoms with Crippen molar-refractivity contribution in [1.82, 2.24) is 15.2 Å². The predicted octanol–water partition coefficient (Wildman–Crippen LogP) is 1.33. The van der Waals surface area contributed by atoms with Crippen LogP contribution in [0.5, 0.6) is 0 Å². The van der Waals surface area contributed by atoms with Crippen molar-refractivity contribution in [2.45, 2.75) is 37.9 Å². The molecule has 1 amide bonds. The average molecular weight is 262 g/mol. The third-order valence-electron chi connectivity index (χ3n) is 2.94. The molecule has 1 aliphatic rings. The second kappa shape index (κ2) is 4.27. The van der Waals surface area contributed by atoms with Crippen molar-refractivity contribution in [3.63, 3.8) is 0 Å². The Morgan fingerprint density at radius 3 is 2.67 bits per heavy atom. The van der Waals surface area contributed by atoms with Gasteiger partial charge in [0.15, 0.2) is 5.69 Å². The van der Waals surface area contributed by atoms with Crippen LogP contribution in [0.1, 0.15) is 43.1 Å². The smallest absolute Gasteiger partial charge is 0.292 e. The quantitative estimate of drug-likeness (QED) is 0.490. The molecule has 0 unspecified atom stereocenters. The van der Waals surface area contributed by atoms with Crippen molar-refractivity contribution in [2.24, 2.45) is 5.84 Å². The number of nitrogens with two attached hydrogens (primary N) is 1. The van der Waals surface area contributed by atoms with Crippen LogP contribution >= 0.6 is 0 Å². The number of alkyl halides is 3. The van der Waals surface area contributed by atoms with Crippen LogP contribution in [0.15, 0.2) is 6.07 Å². The largest absolute Gasteiger partial charge is 0.435 e. The van der Waals surface area contributed by atoms with E-state index in [-0.39, 0.29) is 5.92 Å². The highest BCUT2D eigenvalue weighted by Gasteiger charge is 2.39. The lowest BCUT2D eigenvalue weighted by Gasteiger charge is -2.13. The molecule has 1 aromatic rings. The second-order valence-electron chi connectivity index (χ2n) is 4.36. The fraction of sp³-hybridized carbons (Fsp3) is 0.600. The van der Waals surface area contributed by atoms with Crippen molar-refractivity contribution in [1.29, 1.82) is 0 Å². The minimum Gasteiger partial charge on any atom is -0.292 e. The van der Waals surface area contributed by atoms with Gasteiger partial charge in [-0.1, -0.05) is 0 Å². The molecule has 1 atom stereocenters. The number of nitrogens with zero attached hydrogens (tertiary/aromatic N) is 2. The van der Waals surface area contributed by atoms with Gasteiger partial charge in [-0.05, 0) is 25.8 Å². The standard InChI is InChI=1S/C10H13F3N4O/c1-5(9(18)15-14)17-7(6-2-3-6)4-8(16-17)10(11,12)13/h4-6H,2-3,14H2,1H3,(H,15,18)/t5-/m0/s1. The topological polar surface area (TPSA) is 72.9 Å². The SMILES string of the molecule is C[C@@H](C(=O)NN)n1nc(C(F)(F)F)cc1C1CC1. The van der Waals surface area contributed by atoms with Crippen LogP contribution in [0.2, 0.25) is 0 Å². The molecule has 3 N–H and O–H groups in total. The summed E-state index contributed by atoms with van der Waals surface area (Å²) in [5.41, 5.74) is 1.39. The summed E-state index contributed by atoms with van der Waals surface area (Å²) >= 11 is 0. The lowest BCUT2D eigenvalue weighted by Crippen LogP contribution is -2.36. The second-order valence-corrected chi connectivity index (χ2v) is 4.36. The molecule has 1 fully saturated rings. The summed E-state index contributed by atoms with van der Waals surface area (Å²) in [6.07, 6.45) is -2.87. The third-order valence-corrected chi connectivity index (χ3v) is 2.94. The normalized spacial score (nSPS) is 17.6. The van der Waals surface area contributed by atoms with Crippen molar-refractivity contribution in [2.75, 3.05) is 0 Å². The van der Waals surface area contributed by atoms with E-state index in [1.807, 2.05) is 5.43 Å². The minimum absolute atomic E-state index is 0.0571. The van der Waals surface area contributed by atoms with E-state index in [1.54, 1.807) is 0 Å². The van der Waals surface area contributed by atoms with Gasteiger partial charge in [-0.25, -0.2) is 5.84 Å². The van der Waals surface area contributed by atoms with Gasteiger partial charge in [0.05, 0.1) is 0 Å². The first-order chi connectivity index (χ1) is 8.34. The first-order valence-corrected chi connectivity index (χ1v) is 5.51. The van der Waals surface area contributed by atoms with Crippen LogP contribution in [0.4, 0.5) is 13.2 Å². The molecule has 1 aromatic heterocycles. The average Bonchev–Trinajstić information content (AvgIpc) is 3.04. The van der Waals surface area contributed by atoms with Crippen molar-refractivity contribution >= 4 is 5.91 Å². The van der Waals surface area contributed by atoms with Crippen LogP contribution in [0.3, 0.4) is 0 Å². The number of carbonyl (C=O) groups is 1. The first-order valence-electron chi connectivity index (χ1n) is 5.51. The van der Waals surface area contributed by atoms with E-state index in [2.05, 4.69) is 5.10 Å². The van der Waals surface area contributed by atoms with Gasteiger partial charge in [-0.3, -0.25) is 14.9 Å². The van der Waals surface area contributed by atoms with Gasteiger partial charge in [0.25, 0.3) is 5.91 Å². The third kappa shape index (κ3) is 2.33. The highest BCUT2D eigenvalue weighted by atomic mass is 19.4.